The van der Waals surface area contributed by atoms with Crippen molar-refractivity contribution in [3.8, 4) is 0 Å². The van der Waals surface area contributed by atoms with E-state index in [1.807, 2.05) is 0 Å². The molecule has 3 N–H and O–H groups in total. The van der Waals surface area contributed by atoms with E-state index >= 15 is 0 Å². The second-order valence-electron chi connectivity index (χ2n) is 4.08. The van der Waals surface area contributed by atoms with E-state index in [1.54, 1.807) is 18.2 Å². The van der Waals surface area contributed by atoms with Crippen LogP contribution in [0.1, 0.15) is 12.8 Å². The largest absolute Gasteiger partial charge is 0.397 e. The minimum atomic E-state index is -0.0342. The molecule has 1 aliphatic rings. The molecule has 0 aromatic heterocycles. The first-order valence-corrected chi connectivity index (χ1v) is 5.99. The van der Waals surface area contributed by atoms with Gasteiger partial charge in [-0.2, -0.15) is 0 Å². The Labute approximate surface area is 105 Å². The molecule has 1 aromatic rings. The number of hydrogen-bond donors (Lipinski definition) is 2. The number of benzene rings is 1. The molecule has 0 radical (unpaired) electrons. The van der Waals surface area contributed by atoms with E-state index in [2.05, 4.69) is 5.32 Å². The number of nitrogen functional groups attached to an aromatic ring is 1. The van der Waals surface area contributed by atoms with Gasteiger partial charge in [0.1, 0.15) is 0 Å². The van der Waals surface area contributed by atoms with Crippen molar-refractivity contribution in [3.63, 3.8) is 0 Å². The summed E-state index contributed by atoms with van der Waals surface area (Å²) >= 11 is 5.99. The summed E-state index contributed by atoms with van der Waals surface area (Å²) in [5.41, 5.74) is 6.76. The second-order valence-corrected chi connectivity index (χ2v) is 4.49. The number of amides is 1. The minimum Gasteiger partial charge on any atom is -0.397 e. The number of hydrogen-bond acceptors (Lipinski definition) is 3. The van der Waals surface area contributed by atoms with Crippen molar-refractivity contribution < 1.29 is 9.53 Å². The van der Waals surface area contributed by atoms with E-state index in [0.717, 1.165) is 12.8 Å². The molecule has 2 rings (SSSR count). The van der Waals surface area contributed by atoms with Gasteiger partial charge in [0.15, 0.2) is 0 Å². The van der Waals surface area contributed by atoms with Crippen LogP contribution in [0, 0.1) is 5.92 Å². The smallest absolute Gasteiger partial charge is 0.227 e. The molecule has 17 heavy (non-hydrogen) atoms. The van der Waals surface area contributed by atoms with E-state index in [1.165, 1.54) is 0 Å². The highest BCUT2D eigenvalue weighted by Gasteiger charge is 2.22. The standard InChI is InChI=1S/C12H15ClN2O2/c13-9-2-1-3-10(14)11(9)15-12(16)8-4-6-17-7-5-8/h1-3,8H,4-7,14H2,(H,15,16). The number of nitrogens with one attached hydrogen (secondary N) is 1. The third kappa shape index (κ3) is 2.90. The fraction of sp³-hybridized carbons (Fsp3) is 0.417. The van der Waals surface area contributed by atoms with Gasteiger partial charge < -0.3 is 15.8 Å². The lowest BCUT2D eigenvalue weighted by Crippen LogP contribution is -2.28. The normalized spacial score (nSPS) is 16.8. The maximum atomic E-state index is 12.0. The van der Waals surface area contributed by atoms with Crippen LogP contribution in [0.4, 0.5) is 11.4 Å². The average molecular weight is 255 g/mol. The first-order chi connectivity index (χ1) is 8.18. The van der Waals surface area contributed by atoms with Crippen molar-refractivity contribution in [2.45, 2.75) is 12.8 Å². The number of ether oxygens (including phenoxy) is 1. The molecule has 1 saturated heterocycles. The van der Waals surface area contributed by atoms with Crippen molar-refractivity contribution in [1.82, 2.24) is 0 Å². The number of carbonyl (C=O) groups excluding carboxylic acids is 1. The highest BCUT2D eigenvalue weighted by molar-refractivity contribution is 6.34. The Balaban J connectivity index is 2.07. The van der Waals surface area contributed by atoms with Gasteiger partial charge in [0, 0.05) is 19.1 Å². The lowest BCUT2D eigenvalue weighted by molar-refractivity contribution is -0.122. The summed E-state index contributed by atoms with van der Waals surface area (Å²) in [6, 6.07) is 5.17. The molecule has 0 saturated carbocycles. The number of rotatable bonds is 2. The number of para-hydroxylation sites is 1. The molecular weight excluding hydrogens is 240 g/mol. The van der Waals surface area contributed by atoms with Crippen LogP contribution >= 0.6 is 11.6 Å². The molecule has 1 aromatic carbocycles. The highest BCUT2D eigenvalue weighted by Crippen LogP contribution is 2.29. The van der Waals surface area contributed by atoms with Gasteiger partial charge >= 0.3 is 0 Å². The molecule has 0 bridgehead atoms. The molecular formula is C12H15ClN2O2. The monoisotopic (exact) mass is 254 g/mol. The second kappa shape index (κ2) is 5.38. The lowest BCUT2D eigenvalue weighted by Gasteiger charge is -2.21. The number of anilines is 2. The number of carbonyl (C=O) groups is 1. The van der Waals surface area contributed by atoms with E-state index < -0.39 is 0 Å². The predicted molar refractivity (Wildman–Crippen MR) is 68.0 cm³/mol. The van der Waals surface area contributed by atoms with E-state index in [9.17, 15) is 4.79 Å². The van der Waals surface area contributed by atoms with Crippen LogP contribution in [0.2, 0.25) is 5.02 Å². The van der Waals surface area contributed by atoms with Crippen molar-refractivity contribution in [2.75, 3.05) is 24.3 Å². The van der Waals surface area contributed by atoms with E-state index in [-0.39, 0.29) is 11.8 Å². The zero-order valence-electron chi connectivity index (χ0n) is 9.41. The van der Waals surface area contributed by atoms with Gasteiger partial charge in [0.05, 0.1) is 16.4 Å². The molecule has 0 atom stereocenters. The maximum absolute atomic E-state index is 12.0. The SMILES string of the molecule is Nc1cccc(Cl)c1NC(=O)C1CCOCC1. The Morgan fingerprint density at radius 1 is 1.41 bits per heavy atom. The summed E-state index contributed by atoms with van der Waals surface area (Å²) in [5.74, 6) is -0.0486. The summed E-state index contributed by atoms with van der Waals surface area (Å²) in [4.78, 5) is 12.0. The van der Waals surface area contributed by atoms with E-state index in [0.29, 0.717) is 29.6 Å². The van der Waals surface area contributed by atoms with Crippen LogP contribution in [0.3, 0.4) is 0 Å². The van der Waals surface area contributed by atoms with Gasteiger partial charge in [-0.15, -0.1) is 0 Å². The van der Waals surface area contributed by atoms with Gasteiger partial charge in [0.25, 0.3) is 0 Å². The number of halogens is 1. The first kappa shape index (κ1) is 12.2. The number of nitrogens with two attached hydrogens (primary N) is 1. The molecule has 92 valence electrons. The summed E-state index contributed by atoms with van der Waals surface area (Å²) in [7, 11) is 0. The van der Waals surface area contributed by atoms with Crippen LogP contribution in [0.15, 0.2) is 18.2 Å². The van der Waals surface area contributed by atoms with Crippen LogP contribution in [-0.4, -0.2) is 19.1 Å². The van der Waals surface area contributed by atoms with Crippen LogP contribution < -0.4 is 11.1 Å². The zero-order chi connectivity index (χ0) is 12.3. The van der Waals surface area contributed by atoms with E-state index in [4.69, 9.17) is 22.1 Å². The van der Waals surface area contributed by atoms with Gasteiger partial charge in [-0.05, 0) is 25.0 Å². The topological polar surface area (TPSA) is 64.3 Å². The predicted octanol–water partition coefficient (Wildman–Crippen LogP) is 2.29. The molecule has 0 spiro atoms. The first-order valence-electron chi connectivity index (χ1n) is 5.61. The Morgan fingerprint density at radius 2 is 2.12 bits per heavy atom. The molecule has 0 aliphatic carbocycles. The third-order valence-corrected chi connectivity index (χ3v) is 3.20. The zero-order valence-corrected chi connectivity index (χ0v) is 10.2. The van der Waals surface area contributed by atoms with Crippen molar-refractivity contribution >= 4 is 28.9 Å². The van der Waals surface area contributed by atoms with Crippen molar-refractivity contribution in [2.24, 2.45) is 5.92 Å². The Hall–Kier alpha value is -1.26. The average Bonchev–Trinajstić information content (AvgIpc) is 2.35. The van der Waals surface area contributed by atoms with Crippen LogP contribution in [-0.2, 0) is 9.53 Å². The summed E-state index contributed by atoms with van der Waals surface area (Å²) in [6.07, 6.45) is 1.49. The van der Waals surface area contributed by atoms with Crippen molar-refractivity contribution in [1.29, 1.82) is 0 Å². The quantitative estimate of drug-likeness (QED) is 0.796. The maximum Gasteiger partial charge on any atom is 0.227 e. The Bertz CT molecular complexity index is 397. The molecule has 1 fully saturated rings. The molecule has 1 heterocycles. The summed E-state index contributed by atoms with van der Waals surface area (Å²) < 4.78 is 5.22. The summed E-state index contributed by atoms with van der Waals surface area (Å²) in [6.45, 7) is 1.27. The minimum absolute atomic E-state index is 0.0144. The third-order valence-electron chi connectivity index (χ3n) is 2.89. The van der Waals surface area contributed by atoms with Gasteiger partial charge in [-0.25, -0.2) is 0 Å². The fourth-order valence-electron chi connectivity index (χ4n) is 1.86. The fourth-order valence-corrected chi connectivity index (χ4v) is 2.09. The Kier molecular flexibility index (Phi) is 3.86. The van der Waals surface area contributed by atoms with Crippen LogP contribution in [0.25, 0.3) is 0 Å². The molecule has 5 heteroatoms. The van der Waals surface area contributed by atoms with Gasteiger partial charge in [-0.3, -0.25) is 4.79 Å². The van der Waals surface area contributed by atoms with Gasteiger partial charge in [0.2, 0.25) is 5.91 Å². The van der Waals surface area contributed by atoms with Crippen LogP contribution in [0.5, 0.6) is 0 Å². The van der Waals surface area contributed by atoms with Crippen molar-refractivity contribution in [3.05, 3.63) is 23.2 Å². The molecule has 1 aliphatic heterocycles. The summed E-state index contributed by atoms with van der Waals surface area (Å²) in [5, 5.41) is 3.26. The van der Waals surface area contributed by atoms with Gasteiger partial charge in [-0.1, -0.05) is 17.7 Å². The molecule has 0 unspecified atom stereocenters. The molecule has 4 nitrogen and oxygen atoms in total. The Morgan fingerprint density at radius 3 is 2.76 bits per heavy atom. The lowest BCUT2D eigenvalue weighted by atomic mass is 9.99. The highest BCUT2D eigenvalue weighted by atomic mass is 35.5. The molecule has 1 amide bonds.